The van der Waals surface area contributed by atoms with Gasteiger partial charge in [0.25, 0.3) is 0 Å². The monoisotopic (exact) mass is 498 g/mol. The SMILES string of the molecule is CCCc1c(OCCCSc2ccc(C(O)C(C)(C)CC(=O)O)cc2)ccc(C(C)=O)c1O.[NaH]. The number of thioether (sulfide) groups is 1. The second-order valence-corrected chi connectivity index (χ2v) is 9.99. The first kappa shape index (κ1) is 30.5. The molecule has 0 fully saturated rings. The van der Waals surface area contributed by atoms with Crippen molar-refractivity contribution in [1.29, 1.82) is 0 Å². The number of carboxylic acids is 1. The van der Waals surface area contributed by atoms with Crippen LogP contribution in [0.15, 0.2) is 41.3 Å². The van der Waals surface area contributed by atoms with E-state index >= 15 is 0 Å². The third-order valence-corrected chi connectivity index (χ3v) is 6.58. The number of phenolic OH excluding ortho intramolecular Hbond substituents is 1. The number of carboxylic acid groups (broad SMARTS) is 1. The Balaban J connectivity index is 0.00000578. The Morgan fingerprint density at radius 2 is 1.76 bits per heavy atom. The van der Waals surface area contributed by atoms with Gasteiger partial charge in [-0.1, -0.05) is 39.3 Å². The van der Waals surface area contributed by atoms with Gasteiger partial charge in [-0.15, -0.1) is 11.8 Å². The Kier molecular flexibility index (Phi) is 12.7. The number of aromatic hydroxyl groups is 1. The molecule has 182 valence electrons. The number of hydrogen-bond acceptors (Lipinski definition) is 6. The van der Waals surface area contributed by atoms with Crippen molar-refractivity contribution in [3.63, 3.8) is 0 Å². The summed E-state index contributed by atoms with van der Waals surface area (Å²) in [6, 6.07) is 10.9. The second-order valence-electron chi connectivity index (χ2n) is 8.83. The first-order valence-corrected chi connectivity index (χ1v) is 12.2. The van der Waals surface area contributed by atoms with Gasteiger partial charge in [0.15, 0.2) is 5.78 Å². The van der Waals surface area contributed by atoms with E-state index in [1.807, 2.05) is 31.2 Å². The van der Waals surface area contributed by atoms with Crippen molar-refractivity contribution in [3.05, 3.63) is 53.1 Å². The third-order valence-electron chi connectivity index (χ3n) is 5.48. The molecule has 3 N–H and O–H groups in total. The number of carbonyl (C=O) groups is 2. The molecule has 0 aromatic heterocycles. The quantitative estimate of drug-likeness (QED) is 0.155. The number of aliphatic hydroxyl groups excluding tert-OH is 1. The number of aliphatic carboxylic acids is 1. The van der Waals surface area contributed by atoms with Crippen molar-refractivity contribution in [1.82, 2.24) is 0 Å². The van der Waals surface area contributed by atoms with E-state index in [4.69, 9.17) is 9.84 Å². The van der Waals surface area contributed by atoms with Crippen LogP contribution in [0.1, 0.15) is 74.5 Å². The molecule has 34 heavy (non-hydrogen) atoms. The molecule has 1 unspecified atom stereocenters. The summed E-state index contributed by atoms with van der Waals surface area (Å²) in [5.74, 6) is 0.362. The first-order chi connectivity index (χ1) is 15.6. The van der Waals surface area contributed by atoms with Gasteiger partial charge in [0.1, 0.15) is 11.5 Å². The molecule has 1 atom stereocenters. The van der Waals surface area contributed by atoms with Crippen LogP contribution in [-0.2, 0) is 11.2 Å². The van der Waals surface area contributed by atoms with Gasteiger partial charge in [-0.25, -0.2) is 0 Å². The molecule has 0 saturated carbocycles. The van der Waals surface area contributed by atoms with Gasteiger partial charge < -0.3 is 20.1 Å². The summed E-state index contributed by atoms with van der Waals surface area (Å²) in [6.45, 7) is 7.43. The summed E-state index contributed by atoms with van der Waals surface area (Å²) in [5, 5.41) is 30.0. The molecule has 8 heteroatoms. The molecule has 0 aliphatic heterocycles. The summed E-state index contributed by atoms with van der Waals surface area (Å²) in [6.07, 6.45) is 1.29. The molecule has 6 nitrogen and oxygen atoms in total. The molecular formula is C26H35NaO6S. The number of Topliss-reactive ketones (excluding diaryl/α,β-unsaturated/α-hetero) is 1. The Bertz CT molecular complexity index is 959. The van der Waals surface area contributed by atoms with E-state index in [1.54, 1.807) is 37.7 Å². The fourth-order valence-corrected chi connectivity index (χ4v) is 4.47. The molecular weight excluding hydrogens is 463 g/mol. The zero-order valence-corrected chi connectivity index (χ0v) is 20.6. The van der Waals surface area contributed by atoms with Crippen LogP contribution >= 0.6 is 11.8 Å². The molecule has 0 heterocycles. The molecule has 0 bridgehead atoms. The van der Waals surface area contributed by atoms with Crippen LogP contribution in [-0.4, -0.2) is 69.0 Å². The summed E-state index contributed by atoms with van der Waals surface area (Å²) in [4.78, 5) is 23.8. The molecule has 0 aliphatic carbocycles. The standard InChI is InChI=1S/C26H34O6S.Na.H/c1-5-7-21-22(13-12-20(17(2)27)24(21)30)32-14-6-15-33-19-10-8-18(9-11-19)25(31)26(3,4)16-23(28)29;;/h8-13,25,30-31H,5-7,14-16H2,1-4H3,(H,28,29);;. The summed E-state index contributed by atoms with van der Waals surface area (Å²) >= 11 is 1.67. The number of phenols is 1. The van der Waals surface area contributed by atoms with Crippen LogP contribution in [0.25, 0.3) is 0 Å². The van der Waals surface area contributed by atoms with Crippen LogP contribution in [0.5, 0.6) is 11.5 Å². The van der Waals surface area contributed by atoms with E-state index in [0.717, 1.165) is 23.5 Å². The Morgan fingerprint density at radius 3 is 2.32 bits per heavy atom. The average Bonchev–Trinajstić information content (AvgIpc) is 2.74. The van der Waals surface area contributed by atoms with Gasteiger partial charge >= 0.3 is 35.5 Å². The summed E-state index contributed by atoms with van der Waals surface area (Å²) in [7, 11) is 0. The Morgan fingerprint density at radius 1 is 1.12 bits per heavy atom. The fourth-order valence-electron chi connectivity index (χ4n) is 3.64. The average molecular weight is 499 g/mol. The number of aliphatic hydroxyl groups is 1. The molecule has 0 spiro atoms. The number of rotatable bonds is 13. The van der Waals surface area contributed by atoms with Gasteiger partial charge in [-0.05, 0) is 49.6 Å². The van der Waals surface area contributed by atoms with Crippen molar-refractivity contribution in [2.45, 2.75) is 64.4 Å². The molecule has 2 rings (SSSR count). The fraction of sp³-hybridized carbons (Fsp3) is 0.462. The van der Waals surface area contributed by atoms with E-state index in [1.165, 1.54) is 6.92 Å². The maximum absolute atomic E-state index is 11.7. The number of ether oxygens (including phenoxy) is 1. The topological polar surface area (TPSA) is 104 Å². The molecule has 2 aromatic carbocycles. The predicted octanol–water partition coefficient (Wildman–Crippen LogP) is 4.99. The predicted molar refractivity (Wildman–Crippen MR) is 138 cm³/mol. The van der Waals surface area contributed by atoms with Crippen molar-refractivity contribution in [2.24, 2.45) is 5.41 Å². The van der Waals surface area contributed by atoms with Crippen molar-refractivity contribution in [2.75, 3.05) is 12.4 Å². The molecule has 0 aliphatic rings. The number of carbonyl (C=O) groups excluding carboxylic acids is 1. The van der Waals surface area contributed by atoms with E-state index in [9.17, 15) is 19.8 Å². The number of hydrogen-bond donors (Lipinski definition) is 3. The summed E-state index contributed by atoms with van der Waals surface area (Å²) in [5.41, 5.74) is 0.941. The minimum absolute atomic E-state index is 0. The molecule has 0 amide bonds. The first-order valence-electron chi connectivity index (χ1n) is 11.2. The van der Waals surface area contributed by atoms with Crippen molar-refractivity contribution >= 4 is 53.1 Å². The van der Waals surface area contributed by atoms with E-state index in [0.29, 0.717) is 35.5 Å². The van der Waals surface area contributed by atoms with E-state index < -0.39 is 17.5 Å². The molecule has 0 radical (unpaired) electrons. The molecule has 2 aromatic rings. The maximum atomic E-state index is 11.7. The van der Waals surface area contributed by atoms with Gasteiger partial charge in [0, 0.05) is 21.6 Å². The van der Waals surface area contributed by atoms with E-state index in [-0.39, 0.29) is 47.5 Å². The second kappa shape index (κ2) is 14.1. The minimum atomic E-state index is -0.930. The Hall–Kier alpha value is -1.51. The van der Waals surface area contributed by atoms with Gasteiger partial charge in [-0.2, -0.15) is 0 Å². The van der Waals surface area contributed by atoms with Gasteiger partial charge in [0.2, 0.25) is 0 Å². The van der Waals surface area contributed by atoms with Crippen molar-refractivity contribution < 1.29 is 29.6 Å². The third kappa shape index (κ3) is 8.61. The normalized spacial score (nSPS) is 12.0. The Labute approximate surface area is 228 Å². The van der Waals surface area contributed by atoms with Crippen LogP contribution in [0.3, 0.4) is 0 Å². The van der Waals surface area contributed by atoms with Crippen LogP contribution in [0, 0.1) is 5.41 Å². The zero-order valence-electron chi connectivity index (χ0n) is 19.8. The van der Waals surface area contributed by atoms with Crippen LogP contribution in [0.4, 0.5) is 0 Å². The van der Waals surface area contributed by atoms with Crippen molar-refractivity contribution in [3.8, 4) is 11.5 Å². The van der Waals surface area contributed by atoms with Gasteiger partial charge in [0.05, 0.1) is 24.7 Å². The summed E-state index contributed by atoms with van der Waals surface area (Å²) < 4.78 is 5.90. The zero-order chi connectivity index (χ0) is 24.6. The van der Waals surface area contributed by atoms with Crippen LogP contribution < -0.4 is 4.74 Å². The van der Waals surface area contributed by atoms with Crippen LogP contribution in [0.2, 0.25) is 0 Å². The molecule has 0 saturated heterocycles. The van der Waals surface area contributed by atoms with E-state index in [2.05, 4.69) is 0 Å². The van der Waals surface area contributed by atoms with Gasteiger partial charge in [-0.3, -0.25) is 9.59 Å². The number of benzene rings is 2. The number of ketones is 1.